The van der Waals surface area contributed by atoms with Crippen LogP contribution in [0.4, 0.5) is 0 Å². The van der Waals surface area contributed by atoms with Gasteiger partial charge in [0, 0.05) is 30.9 Å². The zero-order chi connectivity index (χ0) is 16.7. The van der Waals surface area contributed by atoms with Crippen molar-refractivity contribution in [1.82, 2.24) is 0 Å². The van der Waals surface area contributed by atoms with Gasteiger partial charge in [-0.25, -0.2) is 0 Å². The van der Waals surface area contributed by atoms with Gasteiger partial charge in [0.25, 0.3) is 0 Å². The van der Waals surface area contributed by atoms with Crippen LogP contribution in [0, 0.1) is 0 Å². The van der Waals surface area contributed by atoms with Gasteiger partial charge in [-0.3, -0.25) is 0 Å². The molecular formula is C17H19ClO5. The molecule has 0 bridgehead atoms. The number of halogens is 1. The first kappa shape index (κ1) is 17.6. The third kappa shape index (κ3) is 4.14. The molecule has 0 unspecified atom stereocenters. The molecule has 2 aromatic rings. The lowest BCUT2D eigenvalue weighted by molar-refractivity contribution is 0.0490. The van der Waals surface area contributed by atoms with E-state index in [1.807, 2.05) is 24.3 Å². The van der Waals surface area contributed by atoms with Crippen molar-refractivity contribution in [3.05, 3.63) is 47.0 Å². The van der Waals surface area contributed by atoms with Crippen LogP contribution in [0.3, 0.4) is 0 Å². The molecule has 124 valence electrons. The average Bonchev–Trinajstić information content (AvgIpc) is 2.58. The molecule has 0 saturated heterocycles. The summed E-state index contributed by atoms with van der Waals surface area (Å²) in [5, 5.41) is 10.0. The number of ether oxygens (including phenoxy) is 4. The van der Waals surface area contributed by atoms with Crippen LogP contribution in [0.5, 0.6) is 11.5 Å². The van der Waals surface area contributed by atoms with E-state index < -0.39 is 0 Å². The molecule has 0 spiro atoms. The van der Waals surface area contributed by atoms with Crippen LogP contribution in [-0.2, 0) is 16.1 Å². The minimum atomic E-state index is -0.151. The maximum Gasteiger partial charge on any atom is 0.188 e. The maximum atomic E-state index is 9.56. The van der Waals surface area contributed by atoms with Crippen molar-refractivity contribution >= 4 is 11.6 Å². The van der Waals surface area contributed by atoms with Gasteiger partial charge in [-0.15, -0.1) is 0 Å². The van der Waals surface area contributed by atoms with Gasteiger partial charge in [-0.1, -0.05) is 41.9 Å². The summed E-state index contributed by atoms with van der Waals surface area (Å²) in [5.41, 5.74) is 2.15. The minimum Gasteiger partial charge on any atom is -0.467 e. The van der Waals surface area contributed by atoms with Gasteiger partial charge < -0.3 is 24.1 Å². The van der Waals surface area contributed by atoms with E-state index in [0.717, 1.165) is 11.1 Å². The Balaban J connectivity index is 2.55. The average molecular weight is 339 g/mol. The predicted octanol–water partition coefficient (Wildman–Crippen LogP) is 3.46. The monoisotopic (exact) mass is 338 g/mol. The number of aliphatic hydroxyl groups is 1. The highest BCUT2D eigenvalue weighted by Gasteiger charge is 2.17. The summed E-state index contributed by atoms with van der Waals surface area (Å²) < 4.78 is 21.2. The van der Waals surface area contributed by atoms with E-state index in [2.05, 4.69) is 0 Å². The second-order valence-corrected chi connectivity index (χ2v) is 5.08. The van der Waals surface area contributed by atoms with E-state index in [1.165, 1.54) is 14.2 Å². The third-order valence-corrected chi connectivity index (χ3v) is 3.46. The second kappa shape index (κ2) is 8.74. The first-order valence-electron chi connectivity index (χ1n) is 6.98. The minimum absolute atomic E-state index is 0.0683. The van der Waals surface area contributed by atoms with E-state index in [0.29, 0.717) is 22.1 Å². The topological polar surface area (TPSA) is 57.2 Å². The van der Waals surface area contributed by atoms with Gasteiger partial charge >= 0.3 is 0 Å². The molecule has 0 fully saturated rings. The van der Waals surface area contributed by atoms with Crippen LogP contribution < -0.4 is 9.47 Å². The lowest BCUT2D eigenvalue weighted by Crippen LogP contribution is -2.05. The highest BCUT2D eigenvalue weighted by Crippen LogP contribution is 2.41. The standard InChI is InChI=1S/C17H19ClO5/c1-20-10-22-16-12(9-19)5-3-6-13(16)14-7-4-8-15(18)17(14)23-11-21-2/h3-8,19H,9-11H2,1-2H3. The number of hydrogen-bond donors (Lipinski definition) is 1. The van der Waals surface area contributed by atoms with E-state index in [1.54, 1.807) is 12.1 Å². The molecule has 1 N–H and O–H groups in total. The van der Waals surface area contributed by atoms with E-state index >= 15 is 0 Å². The summed E-state index contributed by atoms with van der Waals surface area (Å²) in [6.45, 7) is -0.00869. The predicted molar refractivity (Wildman–Crippen MR) is 87.8 cm³/mol. The van der Waals surface area contributed by atoms with Gasteiger partial charge in [0.2, 0.25) is 0 Å². The fourth-order valence-electron chi connectivity index (χ4n) is 2.20. The molecule has 0 saturated carbocycles. The Morgan fingerprint density at radius 2 is 1.43 bits per heavy atom. The summed E-state index contributed by atoms with van der Waals surface area (Å²) >= 11 is 6.25. The third-order valence-electron chi connectivity index (χ3n) is 3.17. The van der Waals surface area contributed by atoms with Crippen LogP contribution in [0.1, 0.15) is 5.56 Å². The van der Waals surface area contributed by atoms with Gasteiger partial charge in [-0.05, 0) is 6.07 Å². The Morgan fingerprint density at radius 3 is 2.04 bits per heavy atom. The smallest absolute Gasteiger partial charge is 0.188 e. The van der Waals surface area contributed by atoms with Crippen LogP contribution in [0.2, 0.25) is 5.02 Å². The quantitative estimate of drug-likeness (QED) is 0.747. The first-order valence-corrected chi connectivity index (χ1v) is 7.35. The van der Waals surface area contributed by atoms with E-state index in [9.17, 15) is 5.11 Å². The van der Waals surface area contributed by atoms with Gasteiger partial charge in [0.05, 0.1) is 11.6 Å². The molecule has 2 rings (SSSR count). The summed E-state index contributed by atoms with van der Waals surface area (Å²) in [6, 6.07) is 10.9. The van der Waals surface area contributed by atoms with Crippen LogP contribution in [0.15, 0.2) is 36.4 Å². The number of hydrogen-bond acceptors (Lipinski definition) is 5. The Morgan fingerprint density at radius 1 is 0.870 bits per heavy atom. The molecule has 0 amide bonds. The zero-order valence-electron chi connectivity index (χ0n) is 13.0. The summed E-state index contributed by atoms with van der Waals surface area (Å²) in [6.07, 6.45) is 0. The summed E-state index contributed by atoms with van der Waals surface area (Å²) in [4.78, 5) is 0. The summed E-state index contributed by atoms with van der Waals surface area (Å²) in [7, 11) is 3.07. The molecule has 0 radical (unpaired) electrons. The van der Waals surface area contributed by atoms with Gasteiger partial charge in [0.15, 0.2) is 13.6 Å². The highest BCUT2D eigenvalue weighted by molar-refractivity contribution is 6.32. The van der Waals surface area contributed by atoms with Crippen molar-refractivity contribution < 1.29 is 24.1 Å². The first-order chi connectivity index (χ1) is 11.2. The van der Waals surface area contributed by atoms with Gasteiger partial charge in [-0.2, -0.15) is 0 Å². The number of benzene rings is 2. The molecule has 2 aromatic carbocycles. The molecule has 0 aromatic heterocycles. The number of aliphatic hydroxyl groups excluding tert-OH is 1. The van der Waals surface area contributed by atoms with Crippen molar-refractivity contribution in [2.24, 2.45) is 0 Å². The van der Waals surface area contributed by atoms with Gasteiger partial charge in [0.1, 0.15) is 11.5 Å². The lowest BCUT2D eigenvalue weighted by Gasteiger charge is -2.17. The fraction of sp³-hybridized carbons (Fsp3) is 0.294. The molecule has 0 aliphatic carbocycles. The molecule has 5 nitrogen and oxygen atoms in total. The SMILES string of the molecule is COCOc1c(Cl)cccc1-c1cccc(CO)c1OCOC. The van der Waals surface area contributed by atoms with E-state index in [4.69, 9.17) is 30.5 Å². The second-order valence-electron chi connectivity index (χ2n) is 4.67. The Labute approximate surface area is 140 Å². The zero-order valence-corrected chi connectivity index (χ0v) is 13.8. The largest absolute Gasteiger partial charge is 0.467 e. The van der Waals surface area contributed by atoms with Crippen molar-refractivity contribution in [3.63, 3.8) is 0 Å². The lowest BCUT2D eigenvalue weighted by atomic mass is 10.0. The highest BCUT2D eigenvalue weighted by atomic mass is 35.5. The van der Waals surface area contributed by atoms with E-state index in [-0.39, 0.29) is 20.2 Å². The normalized spacial score (nSPS) is 10.6. The molecule has 0 heterocycles. The Bertz CT molecular complexity index is 645. The van der Waals surface area contributed by atoms with Crippen molar-refractivity contribution in [1.29, 1.82) is 0 Å². The molecule has 0 aliphatic rings. The molecule has 0 aliphatic heterocycles. The number of rotatable bonds is 8. The maximum absolute atomic E-state index is 9.56. The molecule has 6 heteroatoms. The number of methoxy groups -OCH3 is 2. The van der Waals surface area contributed by atoms with Crippen molar-refractivity contribution in [2.75, 3.05) is 27.8 Å². The van der Waals surface area contributed by atoms with Crippen molar-refractivity contribution in [2.45, 2.75) is 6.61 Å². The Hall–Kier alpha value is -1.79. The van der Waals surface area contributed by atoms with Crippen LogP contribution >= 0.6 is 11.6 Å². The molecule has 23 heavy (non-hydrogen) atoms. The number of para-hydroxylation sites is 2. The summed E-state index contributed by atoms with van der Waals surface area (Å²) in [5.74, 6) is 1.02. The molecule has 0 atom stereocenters. The van der Waals surface area contributed by atoms with Crippen LogP contribution in [0.25, 0.3) is 11.1 Å². The fourth-order valence-corrected chi connectivity index (χ4v) is 2.42. The Kier molecular flexibility index (Phi) is 6.67. The van der Waals surface area contributed by atoms with Crippen molar-refractivity contribution in [3.8, 4) is 22.6 Å². The molecular weight excluding hydrogens is 320 g/mol. The van der Waals surface area contributed by atoms with Crippen LogP contribution in [-0.4, -0.2) is 32.9 Å².